The van der Waals surface area contributed by atoms with Crippen molar-refractivity contribution in [1.29, 1.82) is 0 Å². The zero-order valence-corrected chi connectivity index (χ0v) is 27.0. The summed E-state index contributed by atoms with van der Waals surface area (Å²) in [7, 11) is 0. The van der Waals surface area contributed by atoms with Crippen molar-refractivity contribution in [2.75, 3.05) is 13.2 Å². The molecule has 4 aromatic rings. The predicted octanol–water partition coefficient (Wildman–Crippen LogP) is 3.14. The van der Waals surface area contributed by atoms with Crippen LogP contribution in [0.4, 0.5) is 4.79 Å². The number of aliphatic hydroxyl groups is 2. The number of hydrogen-bond acceptors (Lipinski definition) is 13. The number of aromatic nitrogens is 6. The summed E-state index contributed by atoms with van der Waals surface area (Å²) in [5, 5.41) is 35.4. The molecular formula is C33H38N6O9. The SMILES string of the molecule is CCCc1nc(C(C)(C)O)c(C(=O)OC(C)OC(=O)O[C@@H]2CO[C@H]3[C@@H]2OC[C@H]3O)n1Cc1ccc(-c2ccccc2-c2nn[nH]n2)cc1. The molecule has 15 nitrogen and oxygen atoms in total. The van der Waals surface area contributed by atoms with Gasteiger partial charge in [0.2, 0.25) is 12.1 Å². The minimum Gasteiger partial charge on any atom is -0.426 e. The molecule has 2 aliphatic rings. The van der Waals surface area contributed by atoms with Crippen LogP contribution in [-0.2, 0) is 42.3 Å². The van der Waals surface area contributed by atoms with Crippen molar-refractivity contribution in [3.05, 3.63) is 71.3 Å². The van der Waals surface area contributed by atoms with Gasteiger partial charge in [0.05, 0.1) is 13.2 Å². The molecule has 6 rings (SSSR count). The first kappa shape index (κ1) is 33.2. The van der Waals surface area contributed by atoms with E-state index in [4.69, 9.17) is 23.7 Å². The maximum atomic E-state index is 13.7. The van der Waals surface area contributed by atoms with Crippen LogP contribution in [0.2, 0.25) is 0 Å². The van der Waals surface area contributed by atoms with Crippen molar-refractivity contribution in [2.24, 2.45) is 0 Å². The second-order valence-corrected chi connectivity index (χ2v) is 12.3. The van der Waals surface area contributed by atoms with Crippen molar-refractivity contribution >= 4 is 12.1 Å². The van der Waals surface area contributed by atoms with E-state index in [1.165, 1.54) is 6.92 Å². The van der Waals surface area contributed by atoms with Gasteiger partial charge in [-0.15, -0.1) is 10.2 Å². The molecule has 5 atom stereocenters. The molecule has 0 aliphatic carbocycles. The van der Waals surface area contributed by atoms with Crippen LogP contribution in [0, 0.1) is 0 Å². The van der Waals surface area contributed by atoms with Gasteiger partial charge in [-0.1, -0.05) is 55.5 Å². The third-order valence-electron chi connectivity index (χ3n) is 8.18. The number of nitrogens with one attached hydrogen (secondary N) is 1. The van der Waals surface area contributed by atoms with E-state index < -0.39 is 48.4 Å². The Kier molecular flexibility index (Phi) is 9.55. The van der Waals surface area contributed by atoms with Crippen molar-refractivity contribution in [2.45, 2.75) is 83.4 Å². The lowest BCUT2D eigenvalue weighted by Crippen LogP contribution is -2.35. The number of nitrogens with zero attached hydrogens (tertiary/aromatic N) is 5. The van der Waals surface area contributed by atoms with Crippen LogP contribution in [0.3, 0.4) is 0 Å². The number of aliphatic hydroxyl groups excluding tert-OH is 1. The molecule has 0 bridgehead atoms. The number of hydrogen-bond donors (Lipinski definition) is 3. The molecule has 0 spiro atoms. The third kappa shape index (κ3) is 6.94. The molecule has 3 N–H and O–H groups in total. The summed E-state index contributed by atoms with van der Waals surface area (Å²) in [6, 6.07) is 15.6. The third-order valence-corrected chi connectivity index (χ3v) is 8.18. The van der Waals surface area contributed by atoms with Gasteiger partial charge in [0.1, 0.15) is 35.4 Å². The summed E-state index contributed by atoms with van der Waals surface area (Å²) in [6.45, 7) is 6.82. The van der Waals surface area contributed by atoms with Gasteiger partial charge in [-0.25, -0.2) is 14.6 Å². The van der Waals surface area contributed by atoms with Crippen molar-refractivity contribution < 1.29 is 43.5 Å². The molecule has 254 valence electrons. The first-order chi connectivity index (χ1) is 23.0. The van der Waals surface area contributed by atoms with Crippen LogP contribution in [-0.4, -0.2) is 96.4 Å². The lowest BCUT2D eigenvalue weighted by molar-refractivity contribution is -0.0993. The number of H-pyrrole nitrogens is 1. The monoisotopic (exact) mass is 662 g/mol. The molecule has 2 aromatic carbocycles. The lowest BCUT2D eigenvalue weighted by Gasteiger charge is -2.21. The minimum absolute atomic E-state index is 0.0380. The number of aromatic amines is 1. The molecule has 4 heterocycles. The van der Waals surface area contributed by atoms with E-state index in [1.54, 1.807) is 18.4 Å². The molecular weight excluding hydrogens is 624 g/mol. The predicted molar refractivity (Wildman–Crippen MR) is 167 cm³/mol. The first-order valence-corrected chi connectivity index (χ1v) is 15.8. The van der Waals surface area contributed by atoms with Crippen LogP contribution < -0.4 is 0 Å². The fourth-order valence-corrected chi connectivity index (χ4v) is 5.96. The number of ether oxygens (including phenoxy) is 5. The average Bonchev–Trinajstić information content (AvgIpc) is 3.85. The zero-order valence-electron chi connectivity index (χ0n) is 27.0. The summed E-state index contributed by atoms with van der Waals surface area (Å²) in [5.41, 5.74) is 2.25. The van der Waals surface area contributed by atoms with Crippen LogP contribution in [0.1, 0.15) is 61.7 Å². The van der Waals surface area contributed by atoms with Crippen molar-refractivity contribution in [1.82, 2.24) is 30.2 Å². The van der Waals surface area contributed by atoms with Crippen LogP contribution in [0.5, 0.6) is 0 Å². The van der Waals surface area contributed by atoms with Crippen LogP contribution >= 0.6 is 0 Å². The highest BCUT2D eigenvalue weighted by molar-refractivity contribution is 5.89. The Balaban J connectivity index is 1.21. The normalized spacial score (nSPS) is 21.1. The molecule has 2 aromatic heterocycles. The van der Waals surface area contributed by atoms with Gasteiger partial charge in [0, 0.05) is 25.5 Å². The van der Waals surface area contributed by atoms with Gasteiger partial charge in [-0.3, -0.25) is 0 Å². The molecule has 48 heavy (non-hydrogen) atoms. The maximum Gasteiger partial charge on any atom is 0.511 e. The number of carbonyl (C=O) groups is 2. The van der Waals surface area contributed by atoms with Gasteiger partial charge >= 0.3 is 12.1 Å². The number of esters is 1. The largest absolute Gasteiger partial charge is 0.511 e. The number of aryl methyl sites for hydroxylation is 1. The maximum absolute atomic E-state index is 13.7. The van der Waals surface area contributed by atoms with E-state index in [0.717, 1.165) is 28.7 Å². The lowest BCUT2D eigenvalue weighted by atomic mass is 9.98. The summed E-state index contributed by atoms with van der Waals surface area (Å²) in [5.74, 6) is 0.241. The second-order valence-electron chi connectivity index (χ2n) is 12.3. The highest BCUT2D eigenvalue weighted by Gasteiger charge is 2.49. The Labute approximate surface area is 276 Å². The fraction of sp³-hybridized carbons (Fsp3) is 0.455. The molecule has 2 fully saturated rings. The average molecular weight is 663 g/mol. The molecule has 2 saturated heterocycles. The standard InChI is InChI=1S/C33H38N6O9/c1-5-8-25-34-29(33(3,4)43)26(31(41)46-18(2)47-32(42)48-24-17-45-27-23(40)16-44-28(24)27)39(25)15-19-11-13-20(14-12-19)21-9-6-7-10-22(21)30-35-37-38-36-30/h6-7,9-14,18,23-24,27-28,40,43H,5,8,15-17H2,1-4H3,(H,35,36,37,38)/t18?,23-,24-,27-,28-/m1/s1. The molecule has 2 aliphatic heterocycles. The molecule has 15 heteroatoms. The number of imidazole rings is 1. The quantitative estimate of drug-likeness (QED) is 0.157. The Hall–Kier alpha value is -4.70. The molecule has 0 amide bonds. The van der Waals surface area contributed by atoms with Crippen molar-refractivity contribution in [3.8, 4) is 22.5 Å². The van der Waals surface area contributed by atoms with E-state index in [-0.39, 0.29) is 31.1 Å². The van der Waals surface area contributed by atoms with Gasteiger partial charge in [0.25, 0.3) is 0 Å². The number of carbonyl (C=O) groups excluding carboxylic acids is 2. The second kappa shape index (κ2) is 13.8. The summed E-state index contributed by atoms with van der Waals surface area (Å²) in [4.78, 5) is 31.0. The smallest absolute Gasteiger partial charge is 0.426 e. The van der Waals surface area contributed by atoms with E-state index >= 15 is 0 Å². The first-order valence-electron chi connectivity index (χ1n) is 15.8. The van der Waals surface area contributed by atoms with E-state index in [9.17, 15) is 19.8 Å². The number of tetrazole rings is 1. The Bertz CT molecular complexity index is 1740. The highest BCUT2D eigenvalue weighted by Crippen LogP contribution is 2.32. The van der Waals surface area contributed by atoms with Crippen molar-refractivity contribution in [3.63, 3.8) is 0 Å². The van der Waals surface area contributed by atoms with Crippen LogP contribution in [0.15, 0.2) is 48.5 Å². The summed E-state index contributed by atoms with van der Waals surface area (Å²) in [6.07, 6.45) is -3.93. The Morgan fingerprint density at radius 1 is 1.06 bits per heavy atom. The minimum atomic E-state index is -1.49. The number of benzene rings is 2. The van der Waals surface area contributed by atoms with Gasteiger partial charge in [-0.05, 0) is 42.2 Å². The van der Waals surface area contributed by atoms with Crippen LogP contribution in [0.25, 0.3) is 22.5 Å². The van der Waals surface area contributed by atoms with Gasteiger partial charge < -0.3 is 38.5 Å². The van der Waals surface area contributed by atoms with Gasteiger partial charge in [-0.2, -0.15) is 5.21 Å². The highest BCUT2D eigenvalue weighted by atomic mass is 16.8. The molecule has 1 unspecified atom stereocenters. The molecule has 0 radical (unpaired) electrons. The Morgan fingerprint density at radius 3 is 2.48 bits per heavy atom. The molecule has 0 saturated carbocycles. The van der Waals surface area contributed by atoms with E-state index in [1.807, 2.05) is 55.5 Å². The van der Waals surface area contributed by atoms with Gasteiger partial charge in [0.15, 0.2) is 11.8 Å². The number of rotatable bonds is 11. The topological polar surface area (TPSA) is 193 Å². The van der Waals surface area contributed by atoms with E-state index in [0.29, 0.717) is 18.1 Å². The van der Waals surface area contributed by atoms with E-state index in [2.05, 4.69) is 25.6 Å². The Morgan fingerprint density at radius 2 is 1.79 bits per heavy atom. The summed E-state index contributed by atoms with van der Waals surface area (Å²) < 4.78 is 28.8. The summed E-state index contributed by atoms with van der Waals surface area (Å²) >= 11 is 0. The fourth-order valence-electron chi connectivity index (χ4n) is 5.96. The number of fused-ring (bicyclic) bond motifs is 1. The zero-order chi connectivity index (χ0) is 34.0.